The molecule has 2 aromatic heterocycles. The third kappa shape index (κ3) is 3.11. The first-order valence-corrected chi connectivity index (χ1v) is 10.2. The van der Waals surface area contributed by atoms with Crippen molar-refractivity contribution >= 4 is 16.3 Å². The van der Waals surface area contributed by atoms with E-state index in [1.165, 1.54) is 27.5 Å². The number of aromatic nitrogens is 2. The molecule has 1 N–H and O–H groups in total. The number of thiazole rings is 1. The highest BCUT2D eigenvalue weighted by Crippen LogP contribution is 2.32. The summed E-state index contributed by atoms with van der Waals surface area (Å²) in [6.07, 6.45) is 4.44. The number of fused-ring (bicyclic) bond motifs is 4. The maximum atomic E-state index is 12.7. The lowest BCUT2D eigenvalue weighted by atomic mass is 10.0. The summed E-state index contributed by atoms with van der Waals surface area (Å²) in [5.41, 5.74) is 3.29. The van der Waals surface area contributed by atoms with E-state index in [-0.39, 0.29) is 5.56 Å². The molecule has 1 atom stereocenters. The van der Waals surface area contributed by atoms with Crippen LogP contribution < -0.4 is 19.9 Å². The average Bonchev–Trinajstić information content (AvgIpc) is 3.24. The fourth-order valence-electron chi connectivity index (χ4n) is 4.00. The Kier molecular flexibility index (Phi) is 4.13. The summed E-state index contributed by atoms with van der Waals surface area (Å²) in [6, 6.07) is 7.76. The Bertz CT molecular complexity index is 1070. The molecule has 3 aromatic rings. The normalized spacial score (nSPS) is 16.5. The number of ether oxygens (including phenoxy) is 2. The van der Waals surface area contributed by atoms with Gasteiger partial charge in [-0.15, -0.1) is 11.3 Å². The van der Waals surface area contributed by atoms with Gasteiger partial charge < -0.3 is 14.4 Å². The highest BCUT2D eigenvalue weighted by molar-refractivity contribution is 7.17. The van der Waals surface area contributed by atoms with Crippen molar-refractivity contribution in [2.75, 3.05) is 13.8 Å². The summed E-state index contributed by atoms with van der Waals surface area (Å²) in [5, 5.41) is 0. The van der Waals surface area contributed by atoms with Crippen molar-refractivity contribution in [1.29, 1.82) is 0 Å². The Morgan fingerprint density at radius 2 is 2.00 bits per heavy atom. The number of hydrogen-bond acceptors (Lipinski definition) is 5. The third-order valence-corrected chi connectivity index (χ3v) is 6.38. The number of aryl methyl sites for hydroxylation is 2. The maximum Gasteiger partial charge on any atom is 0.259 e. The van der Waals surface area contributed by atoms with Crippen LogP contribution in [0.5, 0.6) is 11.5 Å². The van der Waals surface area contributed by atoms with Crippen LogP contribution in [-0.4, -0.2) is 23.2 Å². The molecule has 1 aliphatic carbocycles. The fraction of sp³-hybridized carbons (Fsp3) is 0.400. The predicted octanol–water partition coefficient (Wildman–Crippen LogP) is 1.58. The van der Waals surface area contributed by atoms with Crippen molar-refractivity contribution < 1.29 is 14.4 Å². The van der Waals surface area contributed by atoms with E-state index in [1.54, 1.807) is 17.4 Å². The molecule has 140 valence electrons. The second kappa shape index (κ2) is 6.65. The summed E-state index contributed by atoms with van der Waals surface area (Å²) in [6.45, 7) is 1.83. The molecule has 0 amide bonds. The maximum absolute atomic E-state index is 12.7. The number of hydrogen-bond donors (Lipinski definition) is 1. The van der Waals surface area contributed by atoms with Crippen molar-refractivity contribution in [3.05, 3.63) is 56.4 Å². The number of quaternary nitrogens is 1. The molecule has 6 nitrogen and oxygen atoms in total. The molecule has 0 bridgehead atoms. The van der Waals surface area contributed by atoms with Gasteiger partial charge in [0, 0.05) is 22.2 Å². The smallest absolute Gasteiger partial charge is 0.259 e. The van der Waals surface area contributed by atoms with Gasteiger partial charge in [0.25, 0.3) is 5.56 Å². The van der Waals surface area contributed by atoms with E-state index in [1.807, 2.05) is 16.5 Å². The van der Waals surface area contributed by atoms with Crippen LogP contribution in [-0.2, 0) is 25.9 Å². The quantitative estimate of drug-likeness (QED) is 0.742. The lowest BCUT2D eigenvalue weighted by molar-refractivity contribution is -0.908. The van der Waals surface area contributed by atoms with Crippen molar-refractivity contribution in [1.82, 2.24) is 9.38 Å². The van der Waals surface area contributed by atoms with Crippen LogP contribution in [0.1, 0.15) is 34.7 Å². The van der Waals surface area contributed by atoms with Crippen LogP contribution in [0.2, 0.25) is 0 Å². The van der Waals surface area contributed by atoms with E-state index in [0.29, 0.717) is 13.3 Å². The number of rotatable bonds is 4. The summed E-state index contributed by atoms with van der Waals surface area (Å²) in [7, 11) is 2.12. The van der Waals surface area contributed by atoms with Crippen molar-refractivity contribution in [2.24, 2.45) is 0 Å². The molecule has 7 heteroatoms. The van der Waals surface area contributed by atoms with Gasteiger partial charge in [0.15, 0.2) is 16.5 Å². The molecule has 5 rings (SSSR count). The molecule has 0 saturated heterocycles. The highest BCUT2D eigenvalue weighted by atomic mass is 32.1. The minimum atomic E-state index is 0.0604. The predicted molar refractivity (Wildman–Crippen MR) is 103 cm³/mol. The molecule has 3 heterocycles. The molecule has 1 unspecified atom stereocenters. The second-order valence-corrected chi connectivity index (χ2v) is 8.44. The first-order chi connectivity index (χ1) is 13.2. The number of nitrogens with one attached hydrogen (secondary N) is 1. The van der Waals surface area contributed by atoms with E-state index >= 15 is 0 Å². The first-order valence-electron chi connectivity index (χ1n) is 9.40. The van der Waals surface area contributed by atoms with Gasteiger partial charge >= 0.3 is 0 Å². The molecule has 1 aliphatic heterocycles. The zero-order valence-electron chi connectivity index (χ0n) is 15.3. The van der Waals surface area contributed by atoms with Gasteiger partial charge in [-0.25, -0.2) is 4.98 Å². The largest absolute Gasteiger partial charge is 0.454 e. The molecule has 2 aliphatic rings. The van der Waals surface area contributed by atoms with Crippen LogP contribution in [0.15, 0.2) is 29.1 Å². The van der Waals surface area contributed by atoms with Gasteiger partial charge in [0.1, 0.15) is 18.8 Å². The average molecular weight is 384 g/mol. The van der Waals surface area contributed by atoms with Gasteiger partial charge in [-0.3, -0.25) is 9.20 Å². The lowest BCUT2D eigenvalue weighted by Crippen LogP contribution is -3.06. The van der Waals surface area contributed by atoms with Crippen LogP contribution in [0.25, 0.3) is 4.96 Å². The second-order valence-electron chi connectivity index (χ2n) is 7.38. The Balaban J connectivity index is 1.37. The van der Waals surface area contributed by atoms with E-state index in [0.717, 1.165) is 48.0 Å². The third-order valence-electron chi connectivity index (χ3n) is 5.24. The van der Waals surface area contributed by atoms with Gasteiger partial charge in [-0.2, -0.15) is 0 Å². The Morgan fingerprint density at radius 1 is 1.15 bits per heavy atom. The Morgan fingerprint density at radius 3 is 2.93 bits per heavy atom. The van der Waals surface area contributed by atoms with Crippen molar-refractivity contribution in [3.63, 3.8) is 0 Å². The SMILES string of the molecule is C[NH+](Cc1ccc2c(c1)OCO2)Cc1cc(=O)n2c3c(sc2n1)CCCC3. The zero-order valence-corrected chi connectivity index (χ0v) is 16.1. The lowest BCUT2D eigenvalue weighted by Gasteiger charge is -2.14. The summed E-state index contributed by atoms with van der Waals surface area (Å²) < 4.78 is 12.7. The highest BCUT2D eigenvalue weighted by Gasteiger charge is 2.20. The summed E-state index contributed by atoms with van der Waals surface area (Å²) in [5.74, 6) is 1.61. The summed E-state index contributed by atoms with van der Waals surface area (Å²) in [4.78, 5) is 20.9. The number of benzene rings is 1. The summed E-state index contributed by atoms with van der Waals surface area (Å²) >= 11 is 1.68. The van der Waals surface area contributed by atoms with Crippen LogP contribution >= 0.6 is 11.3 Å². The Labute approximate surface area is 161 Å². The van der Waals surface area contributed by atoms with Crippen LogP contribution in [0, 0.1) is 0 Å². The van der Waals surface area contributed by atoms with E-state index in [2.05, 4.69) is 13.1 Å². The zero-order chi connectivity index (χ0) is 18.4. The topological polar surface area (TPSA) is 57.3 Å². The van der Waals surface area contributed by atoms with E-state index in [4.69, 9.17) is 14.5 Å². The van der Waals surface area contributed by atoms with Gasteiger partial charge in [0.2, 0.25) is 6.79 Å². The van der Waals surface area contributed by atoms with Crippen molar-refractivity contribution in [3.8, 4) is 11.5 Å². The standard InChI is InChI=1S/C20H21N3O3S/c1-22(10-13-6-7-16-17(8-13)26-12-25-16)11-14-9-19(24)23-15-4-2-3-5-18(15)27-20(23)21-14/h6-9H,2-5,10-12H2,1H3/p+1. The minimum absolute atomic E-state index is 0.0604. The molecular formula is C20H22N3O3S+. The van der Waals surface area contributed by atoms with Gasteiger partial charge in [0.05, 0.1) is 7.05 Å². The molecule has 0 radical (unpaired) electrons. The van der Waals surface area contributed by atoms with Gasteiger partial charge in [-0.05, 0) is 43.9 Å². The molecular weight excluding hydrogens is 362 g/mol. The van der Waals surface area contributed by atoms with Crippen LogP contribution in [0.3, 0.4) is 0 Å². The van der Waals surface area contributed by atoms with E-state index < -0.39 is 0 Å². The van der Waals surface area contributed by atoms with E-state index in [9.17, 15) is 4.79 Å². The molecule has 27 heavy (non-hydrogen) atoms. The molecule has 0 spiro atoms. The molecule has 1 aromatic carbocycles. The first kappa shape index (κ1) is 16.8. The molecule has 0 saturated carbocycles. The Hall–Kier alpha value is -2.38. The molecule has 0 fully saturated rings. The minimum Gasteiger partial charge on any atom is -0.454 e. The fourth-order valence-corrected chi connectivity index (χ4v) is 5.24. The van der Waals surface area contributed by atoms with Crippen molar-refractivity contribution in [2.45, 2.75) is 38.8 Å². The van der Waals surface area contributed by atoms with Crippen LogP contribution in [0.4, 0.5) is 0 Å². The number of nitrogens with zero attached hydrogens (tertiary/aromatic N) is 2. The monoisotopic (exact) mass is 384 g/mol. The van der Waals surface area contributed by atoms with Gasteiger partial charge in [-0.1, -0.05) is 0 Å².